The first kappa shape index (κ1) is 19.2. The van der Waals surface area contributed by atoms with Gasteiger partial charge in [0.05, 0.1) is 12.1 Å². The van der Waals surface area contributed by atoms with Gasteiger partial charge in [-0.3, -0.25) is 4.79 Å². The Bertz CT molecular complexity index is 578. The Balaban J connectivity index is 1.99. The molecule has 2 atom stereocenters. The van der Waals surface area contributed by atoms with E-state index in [0.717, 1.165) is 18.4 Å². The van der Waals surface area contributed by atoms with E-state index >= 15 is 0 Å². The molecule has 0 radical (unpaired) electrons. The molecule has 0 bridgehead atoms. The Morgan fingerprint density at radius 3 is 2.72 bits per heavy atom. The molecule has 0 aromatic heterocycles. The molecule has 2 N–H and O–H groups in total. The first-order valence-electron chi connectivity index (χ1n) is 8.78. The Labute approximate surface area is 149 Å². The topological polar surface area (TPSA) is 78.9 Å². The molecule has 1 saturated heterocycles. The monoisotopic (exact) mass is 348 g/mol. The molecule has 1 aliphatic heterocycles. The predicted octanol–water partition coefficient (Wildman–Crippen LogP) is 2.67. The molecule has 2 unspecified atom stereocenters. The number of hydrogen-bond donors (Lipinski definition) is 2. The number of methoxy groups -OCH3 is 1. The van der Waals surface area contributed by atoms with Crippen LogP contribution in [0.4, 0.5) is 4.79 Å². The smallest absolute Gasteiger partial charge is 0.317 e. The lowest BCUT2D eigenvalue weighted by Crippen LogP contribution is -2.54. The lowest BCUT2D eigenvalue weighted by Gasteiger charge is -2.39. The van der Waals surface area contributed by atoms with Crippen molar-refractivity contribution in [3.63, 3.8) is 0 Å². The molecule has 0 aliphatic carbocycles. The molecule has 1 heterocycles. The van der Waals surface area contributed by atoms with E-state index in [2.05, 4.69) is 5.32 Å². The van der Waals surface area contributed by atoms with E-state index < -0.39 is 5.97 Å². The van der Waals surface area contributed by atoms with Crippen molar-refractivity contribution in [2.24, 2.45) is 0 Å². The van der Waals surface area contributed by atoms with Crippen LogP contribution < -0.4 is 5.32 Å². The molecule has 1 aromatic carbocycles. The van der Waals surface area contributed by atoms with Crippen molar-refractivity contribution in [3.8, 4) is 0 Å². The molecule has 6 heteroatoms. The number of aliphatic carboxylic acids is 1. The molecular formula is C19H28N2O4. The Morgan fingerprint density at radius 1 is 1.36 bits per heavy atom. The summed E-state index contributed by atoms with van der Waals surface area (Å²) in [7, 11) is 1.67. The third-order valence-electron chi connectivity index (χ3n) is 4.80. The fourth-order valence-electron chi connectivity index (χ4n) is 3.23. The number of likely N-dealkylation sites (tertiary alicyclic amines) is 1. The Morgan fingerprint density at radius 2 is 2.08 bits per heavy atom. The maximum atomic E-state index is 12.7. The summed E-state index contributed by atoms with van der Waals surface area (Å²) in [4.78, 5) is 25.4. The van der Waals surface area contributed by atoms with Crippen molar-refractivity contribution >= 4 is 12.0 Å². The highest BCUT2D eigenvalue weighted by molar-refractivity contribution is 5.75. The first-order valence-corrected chi connectivity index (χ1v) is 8.78. The van der Waals surface area contributed by atoms with Gasteiger partial charge in [-0.25, -0.2) is 4.79 Å². The summed E-state index contributed by atoms with van der Waals surface area (Å²) in [6.45, 7) is 3.26. The standard InChI is InChI=1S/C19H28N2O4/c1-19(25-2)11-6-12-21(14-19)18(24)20-16(9-10-17(22)23)13-15-7-4-3-5-8-15/h3-5,7-8,16H,6,9-14H2,1-2H3,(H,20,24)(H,22,23). The number of benzene rings is 1. The molecule has 138 valence electrons. The number of nitrogens with one attached hydrogen (secondary N) is 1. The Kier molecular flexibility index (Phi) is 6.82. The van der Waals surface area contributed by atoms with Gasteiger partial charge in [0, 0.05) is 26.1 Å². The first-order chi connectivity index (χ1) is 11.9. The van der Waals surface area contributed by atoms with Crippen molar-refractivity contribution in [1.29, 1.82) is 0 Å². The van der Waals surface area contributed by atoms with E-state index in [1.165, 1.54) is 0 Å². The summed E-state index contributed by atoms with van der Waals surface area (Å²) in [6.07, 6.45) is 2.89. The minimum absolute atomic E-state index is 0.0353. The largest absolute Gasteiger partial charge is 0.481 e. The average molecular weight is 348 g/mol. The number of carboxylic acid groups (broad SMARTS) is 1. The van der Waals surface area contributed by atoms with Gasteiger partial charge in [-0.05, 0) is 38.2 Å². The number of hydrogen-bond acceptors (Lipinski definition) is 3. The number of ether oxygens (including phenoxy) is 1. The normalized spacial score (nSPS) is 21.6. The summed E-state index contributed by atoms with van der Waals surface area (Å²) in [5, 5.41) is 12.0. The van der Waals surface area contributed by atoms with Gasteiger partial charge in [-0.2, -0.15) is 0 Å². The number of urea groups is 1. The molecule has 1 aromatic rings. The van der Waals surface area contributed by atoms with Crippen molar-refractivity contribution in [2.75, 3.05) is 20.2 Å². The van der Waals surface area contributed by atoms with E-state index in [-0.39, 0.29) is 24.1 Å². The van der Waals surface area contributed by atoms with Crippen LogP contribution in [0.5, 0.6) is 0 Å². The number of piperidine rings is 1. The highest BCUT2D eigenvalue weighted by Crippen LogP contribution is 2.24. The van der Waals surface area contributed by atoms with Crippen LogP contribution in [-0.4, -0.2) is 53.8 Å². The van der Waals surface area contributed by atoms with Crippen LogP contribution in [0, 0.1) is 0 Å². The number of amides is 2. The molecule has 25 heavy (non-hydrogen) atoms. The zero-order valence-corrected chi connectivity index (χ0v) is 15.0. The van der Waals surface area contributed by atoms with E-state index in [0.29, 0.717) is 25.9 Å². The lowest BCUT2D eigenvalue weighted by atomic mass is 9.95. The number of carboxylic acids is 1. The molecule has 1 aliphatic rings. The van der Waals surface area contributed by atoms with Crippen molar-refractivity contribution in [2.45, 2.75) is 50.7 Å². The summed E-state index contributed by atoms with van der Waals surface area (Å²) in [5.74, 6) is -0.850. The fraction of sp³-hybridized carbons (Fsp3) is 0.579. The van der Waals surface area contributed by atoms with Crippen LogP contribution in [0.25, 0.3) is 0 Å². The van der Waals surface area contributed by atoms with Gasteiger partial charge in [0.15, 0.2) is 0 Å². The molecule has 1 fully saturated rings. The number of rotatable bonds is 7. The third-order valence-corrected chi connectivity index (χ3v) is 4.80. The second kappa shape index (κ2) is 8.85. The van der Waals surface area contributed by atoms with E-state index in [1.54, 1.807) is 12.0 Å². The van der Waals surface area contributed by atoms with E-state index in [9.17, 15) is 9.59 Å². The Hall–Kier alpha value is -2.08. The van der Waals surface area contributed by atoms with Gasteiger partial charge >= 0.3 is 12.0 Å². The van der Waals surface area contributed by atoms with Gasteiger partial charge in [-0.15, -0.1) is 0 Å². The van der Waals surface area contributed by atoms with Crippen LogP contribution >= 0.6 is 0 Å². The van der Waals surface area contributed by atoms with E-state index in [4.69, 9.17) is 9.84 Å². The summed E-state index contributed by atoms with van der Waals surface area (Å²) in [5.41, 5.74) is 0.768. The maximum Gasteiger partial charge on any atom is 0.317 e. The predicted molar refractivity (Wildman–Crippen MR) is 95.6 cm³/mol. The van der Waals surface area contributed by atoms with Crippen LogP contribution in [-0.2, 0) is 16.0 Å². The van der Waals surface area contributed by atoms with Gasteiger partial charge < -0.3 is 20.1 Å². The molecule has 2 amide bonds. The summed E-state index contributed by atoms with van der Waals surface area (Å²) in [6, 6.07) is 9.45. The van der Waals surface area contributed by atoms with Gasteiger partial charge in [0.25, 0.3) is 0 Å². The van der Waals surface area contributed by atoms with Gasteiger partial charge in [0.2, 0.25) is 0 Å². The van der Waals surface area contributed by atoms with E-state index in [1.807, 2.05) is 37.3 Å². The van der Waals surface area contributed by atoms with Crippen LogP contribution in [0.3, 0.4) is 0 Å². The molecule has 2 rings (SSSR count). The van der Waals surface area contributed by atoms with Crippen molar-refractivity contribution < 1.29 is 19.4 Å². The van der Waals surface area contributed by atoms with Gasteiger partial charge in [-0.1, -0.05) is 30.3 Å². The van der Waals surface area contributed by atoms with Crippen LogP contribution in [0.2, 0.25) is 0 Å². The molecular weight excluding hydrogens is 320 g/mol. The number of carbonyl (C=O) groups is 2. The van der Waals surface area contributed by atoms with Crippen molar-refractivity contribution in [3.05, 3.63) is 35.9 Å². The SMILES string of the molecule is COC1(C)CCCN(C(=O)NC(CCC(=O)O)Cc2ccccc2)C1. The number of nitrogens with zero attached hydrogens (tertiary/aromatic N) is 1. The molecule has 0 saturated carbocycles. The lowest BCUT2D eigenvalue weighted by molar-refractivity contribution is -0.137. The zero-order chi connectivity index (χ0) is 18.3. The van der Waals surface area contributed by atoms with Crippen molar-refractivity contribution in [1.82, 2.24) is 10.2 Å². The second-order valence-corrected chi connectivity index (χ2v) is 6.95. The maximum absolute atomic E-state index is 12.7. The fourth-order valence-corrected chi connectivity index (χ4v) is 3.23. The highest BCUT2D eigenvalue weighted by atomic mass is 16.5. The zero-order valence-electron chi connectivity index (χ0n) is 15.0. The summed E-state index contributed by atoms with van der Waals surface area (Å²) < 4.78 is 5.54. The number of carbonyl (C=O) groups excluding carboxylic acids is 1. The van der Waals surface area contributed by atoms with Gasteiger partial charge in [0.1, 0.15) is 0 Å². The molecule has 0 spiro atoms. The van der Waals surface area contributed by atoms with Crippen LogP contribution in [0.15, 0.2) is 30.3 Å². The molecule has 6 nitrogen and oxygen atoms in total. The summed E-state index contributed by atoms with van der Waals surface area (Å²) >= 11 is 0. The minimum Gasteiger partial charge on any atom is -0.481 e. The minimum atomic E-state index is -0.850. The second-order valence-electron chi connectivity index (χ2n) is 6.95. The quantitative estimate of drug-likeness (QED) is 0.794. The average Bonchev–Trinajstić information content (AvgIpc) is 2.60. The van der Waals surface area contributed by atoms with Crippen LogP contribution in [0.1, 0.15) is 38.2 Å². The highest BCUT2D eigenvalue weighted by Gasteiger charge is 2.33. The third kappa shape index (κ3) is 6.05.